The number of nitrogens with zero attached hydrogens (tertiary/aromatic N) is 2. The monoisotopic (exact) mass is 179 g/mol. The second-order valence-electron chi connectivity index (χ2n) is 2.96. The maximum Gasteiger partial charge on any atom is 0.292 e. The molecule has 2 heterocycles. The molecule has 1 saturated heterocycles. The largest absolute Gasteiger partial charge is 0.308 e. The van der Waals surface area contributed by atoms with Gasteiger partial charge in [0.15, 0.2) is 0 Å². The van der Waals surface area contributed by atoms with Crippen molar-refractivity contribution in [2.24, 2.45) is 0 Å². The van der Waals surface area contributed by atoms with Crippen LogP contribution in [0.25, 0.3) is 0 Å². The Hall–Kier alpha value is -1.49. The van der Waals surface area contributed by atoms with Gasteiger partial charge in [0, 0.05) is 12.3 Å². The number of nitrogens with one attached hydrogen (secondary N) is 1. The van der Waals surface area contributed by atoms with Crippen LogP contribution >= 0.6 is 0 Å². The van der Waals surface area contributed by atoms with Gasteiger partial charge in [0.1, 0.15) is 5.69 Å². The molecule has 0 radical (unpaired) electrons. The summed E-state index contributed by atoms with van der Waals surface area (Å²) in [5.41, 5.74) is 0.665. The van der Waals surface area contributed by atoms with E-state index >= 15 is 0 Å². The van der Waals surface area contributed by atoms with E-state index in [1.807, 2.05) is 0 Å². The third-order valence-electron chi connectivity index (χ3n) is 2.17. The lowest BCUT2D eigenvalue weighted by Crippen LogP contribution is -2.35. The molecule has 1 aromatic rings. The summed E-state index contributed by atoms with van der Waals surface area (Å²) in [4.78, 5) is 14.2. The number of aromatic nitrogens is 1. The molecule has 0 bridgehead atoms. The van der Waals surface area contributed by atoms with E-state index < -0.39 is 0 Å². The summed E-state index contributed by atoms with van der Waals surface area (Å²) in [6.07, 6.45) is 2.51. The van der Waals surface area contributed by atoms with Crippen LogP contribution in [0.5, 0.6) is 0 Å². The van der Waals surface area contributed by atoms with Crippen molar-refractivity contribution >= 4 is 5.69 Å². The molecule has 68 valence electrons. The molecule has 0 aliphatic carbocycles. The summed E-state index contributed by atoms with van der Waals surface area (Å²) in [7, 11) is 0. The molecule has 0 spiro atoms. The Morgan fingerprint density at radius 1 is 1.69 bits per heavy atom. The van der Waals surface area contributed by atoms with Gasteiger partial charge in [-0.3, -0.25) is 15.1 Å². The van der Waals surface area contributed by atoms with E-state index in [2.05, 4.69) is 10.3 Å². The van der Waals surface area contributed by atoms with E-state index in [1.54, 1.807) is 12.3 Å². The van der Waals surface area contributed by atoms with Crippen LogP contribution in [0.2, 0.25) is 0 Å². The summed E-state index contributed by atoms with van der Waals surface area (Å²) in [6.45, 7) is 0.915. The van der Waals surface area contributed by atoms with Crippen molar-refractivity contribution in [2.75, 3.05) is 6.54 Å². The Balaban J connectivity index is 2.36. The number of hydrogen-bond acceptors (Lipinski definition) is 4. The second kappa shape index (κ2) is 3.10. The minimum absolute atomic E-state index is 0.0709. The molecule has 1 atom stereocenters. The smallest absolute Gasteiger partial charge is 0.292 e. The molecule has 1 fully saturated rings. The average molecular weight is 179 g/mol. The molecule has 13 heavy (non-hydrogen) atoms. The highest BCUT2D eigenvalue weighted by Crippen LogP contribution is 2.28. The Kier molecular flexibility index (Phi) is 1.94. The van der Waals surface area contributed by atoms with Gasteiger partial charge in [-0.15, -0.1) is 0 Å². The molecule has 0 saturated carbocycles. The fourth-order valence-electron chi connectivity index (χ4n) is 1.35. The van der Waals surface area contributed by atoms with Crippen molar-refractivity contribution in [2.45, 2.75) is 12.5 Å². The second-order valence-corrected chi connectivity index (χ2v) is 2.96. The van der Waals surface area contributed by atoms with Gasteiger partial charge in [0.25, 0.3) is 5.69 Å². The van der Waals surface area contributed by atoms with Gasteiger partial charge in [0.05, 0.1) is 11.0 Å². The van der Waals surface area contributed by atoms with Crippen LogP contribution < -0.4 is 5.32 Å². The van der Waals surface area contributed by atoms with Crippen molar-refractivity contribution in [1.82, 2.24) is 10.3 Å². The predicted octanol–water partition coefficient (Wildman–Crippen LogP) is 1.02. The molecule has 1 aliphatic heterocycles. The van der Waals surface area contributed by atoms with Crippen LogP contribution in [-0.4, -0.2) is 16.5 Å². The van der Waals surface area contributed by atoms with Crippen molar-refractivity contribution in [3.8, 4) is 0 Å². The zero-order valence-corrected chi connectivity index (χ0v) is 6.93. The quantitative estimate of drug-likeness (QED) is 0.543. The molecule has 1 N–H and O–H groups in total. The zero-order chi connectivity index (χ0) is 9.26. The molecule has 2 rings (SSSR count). The first-order valence-corrected chi connectivity index (χ1v) is 4.12. The van der Waals surface area contributed by atoms with Crippen molar-refractivity contribution in [1.29, 1.82) is 0 Å². The van der Waals surface area contributed by atoms with Crippen molar-refractivity contribution in [3.05, 3.63) is 34.1 Å². The van der Waals surface area contributed by atoms with Crippen molar-refractivity contribution < 1.29 is 4.92 Å². The molecule has 5 heteroatoms. The van der Waals surface area contributed by atoms with E-state index in [0.717, 1.165) is 13.0 Å². The Morgan fingerprint density at radius 3 is 3.00 bits per heavy atom. The van der Waals surface area contributed by atoms with Crippen molar-refractivity contribution in [3.63, 3.8) is 0 Å². The number of nitro groups is 1. The maximum atomic E-state index is 10.6. The van der Waals surface area contributed by atoms with E-state index in [-0.39, 0.29) is 16.7 Å². The minimum atomic E-state index is -0.387. The first-order valence-electron chi connectivity index (χ1n) is 4.12. The molecule has 5 nitrogen and oxygen atoms in total. The van der Waals surface area contributed by atoms with E-state index in [0.29, 0.717) is 5.69 Å². The highest BCUT2D eigenvalue weighted by Gasteiger charge is 2.27. The Morgan fingerprint density at radius 2 is 2.46 bits per heavy atom. The molecular weight excluding hydrogens is 170 g/mol. The van der Waals surface area contributed by atoms with Crippen LogP contribution in [-0.2, 0) is 0 Å². The van der Waals surface area contributed by atoms with Gasteiger partial charge in [-0.05, 0) is 19.0 Å². The summed E-state index contributed by atoms with van der Waals surface area (Å²) in [6, 6.07) is 3.14. The first-order chi connectivity index (χ1) is 6.29. The molecule has 1 aromatic heterocycles. The van der Waals surface area contributed by atoms with E-state index in [9.17, 15) is 10.1 Å². The topological polar surface area (TPSA) is 68.1 Å². The fourth-order valence-corrected chi connectivity index (χ4v) is 1.35. The van der Waals surface area contributed by atoms with Crippen LogP contribution in [0, 0.1) is 10.1 Å². The van der Waals surface area contributed by atoms with Gasteiger partial charge in [-0.25, -0.2) is 0 Å². The van der Waals surface area contributed by atoms with Crippen LogP contribution in [0.15, 0.2) is 18.3 Å². The number of pyridine rings is 1. The van der Waals surface area contributed by atoms with Gasteiger partial charge < -0.3 is 5.32 Å². The van der Waals surface area contributed by atoms with Crippen LogP contribution in [0.3, 0.4) is 0 Å². The third kappa shape index (κ3) is 1.38. The predicted molar refractivity (Wildman–Crippen MR) is 46.3 cm³/mol. The normalized spacial score (nSPS) is 20.8. The molecule has 0 amide bonds. The molecule has 1 aliphatic rings. The lowest BCUT2D eigenvalue weighted by atomic mass is 10.0. The minimum Gasteiger partial charge on any atom is -0.308 e. The van der Waals surface area contributed by atoms with Gasteiger partial charge >= 0.3 is 0 Å². The number of rotatable bonds is 2. The van der Waals surface area contributed by atoms with E-state index in [4.69, 9.17) is 0 Å². The summed E-state index contributed by atoms with van der Waals surface area (Å²) in [5, 5.41) is 13.7. The summed E-state index contributed by atoms with van der Waals surface area (Å²) < 4.78 is 0. The van der Waals surface area contributed by atoms with E-state index in [1.165, 1.54) is 6.07 Å². The summed E-state index contributed by atoms with van der Waals surface area (Å²) >= 11 is 0. The lowest BCUT2D eigenvalue weighted by Gasteiger charge is -2.26. The average Bonchev–Trinajstić information content (AvgIpc) is 2.02. The highest BCUT2D eigenvalue weighted by atomic mass is 16.6. The molecule has 1 unspecified atom stereocenters. The standard InChI is InChI=1S/C8H9N3O2/c12-11(13)7-2-1-4-10-8(7)6-3-5-9-6/h1-2,4,6,9H,3,5H2. The van der Waals surface area contributed by atoms with Gasteiger partial charge in [0.2, 0.25) is 0 Å². The SMILES string of the molecule is O=[N+]([O-])c1cccnc1C1CCN1. The Bertz CT molecular complexity index is 336. The van der Waals surface area contributed by atoms with Gasteiger partial charge in [-0.2, -0.15) is 0 Å². The van der Waals surface area contributed by atoms with Crippen LogP contribution in [0.1, 0.15) is 18.2 Å². The number of hydrogen-bond donors (Lipinski definition) is 1. The molecular formula is C8H9N3O2. The third-order valence-corrected chi connectivity index (χ3v) is 2.17. The lowest BCUT2D eigenvalue weighted by molar-refractivity contribution is -0.386. The highest BCUT2D eigenvalue weighted by molar-refractivity contribution is 5.37. The van der Waals surface area contributed by atoms with Crippen LogP contribution in [0.4, 0.5) is 5.69 Å². The first kappa shape index (κ1) is 8.12. The Labute approximate surface area is 74.9 Å². The maximum absolute atomic E-state index is 10.6. The van der Waals surface area contributed by atoms with Gasteiger partial charge in [-0.1, -0.05) is 0 Å². The molecule has 0 aromatic carbocycles. The summed E-state index contributed by atoms with van der Waals surface area (Å²) in [5.74, 6) is 0. The zero-order valence-electron chi connectivity index (χ0n) is 6.93. The fraction of sp³-hybridized carbons (Fsp3) is 0.375.